The van der Waals surface area contributed by atoms with Crippen molar-refractivity contribution in [3.63, 3.8) is 0 Å². The summed E-state index contributed by atoms with van der Waals surface area (Å²) in [5, 5.41) is 4.21. The molecule has 2 heteroatoms. The molecule has 0 heterocycles. The molecule has 2 fully saturated rings. The summed E-state index contributed by atoms with van der Waals surface area (Å²) in [4.78, 5) is 0. The van der Waals surface area contributed by atoms with Crippen LogP contribution in [0.15, 0.2) is 0 Å². The topological polar surface area (TPSA) is 12.0 Å². The lowest BCUT2D eigenvalue weighted by molar-refractivity contribution is 0.185. The van der Waals surface area contributed by atoms with Gasteiger partial charge >= 0.3 is 0 Å². The molecular weight excluding hydrogens is 202 g/mol. The van der Waals surface area contributed by atoms with Crippen molar-refractivity contribution >= 4 is 12.6 Å². The number of rotatable bonds is 1. The Hall–Kier alpha value is 0.310. The quantitative estimate of drug-likeness (QED) is 0.656. The molecule has 0 aliphatic heterocycles. The fourth-order valence-electron chi connectivity index (χ4n) is 3.70. The molecular formula is C13H25NS. The lowest BCUT2D eigenvalue weighted by Gasteiger charge is -2.38. The summed E-state index contributed by atoms with van der Waals surface area (Å²) < 4.78 is 0. The van der Waals surface area contributed by atoms with E-state index in [-0.39, 0.29) is 0 Å². The van der Waals surface area contributed by atoms with Crippen LogP contribution in [-0.4, -0.2) is 18.3 Å². The highest BCUT2D eigenvalue weighted by Gasteiger charge is 2.36. The third kappa shape index (κ3) is 2.71. The molecule has 2 aliphatic rings. The van der Waals surface area contributed by atoms with Gasteiger partial charge in [-0.1, -0.05) is 6.92 Å². The Labute approximate surface area is 99.8 Å². The van der Waals surface area contributed by atoms with Crippen LogP contribution < -0.4 is 5.32 Å². The summed E-state index contributed by atoms with van der Waals surface area (Å²) in [6.45, 7) is 2.43. The Morgan fingerprint density at radius 1 is 1.07 bits per heavy atom. The lowest BCUT2D eigenvalue weighted by Crippen LogP contribution is -2.40. The molecule has 0 aromatic heterocycles. The highest BCUT2D eigenvalue weighted by Crippen LogP contribution is 2.42. The van der Waals surface area contributed by atoms with E-state index < -0.39 is 0 Å². The summed E-state index contributed by atoms with van der Waals surface area (Å²) in [5.41, 5.74) is 0. The van der Waals surface area contributed by atoms with Gasteiger partial charge in [0, 0.05) is 11.3 Å². The molecule has 0 aromatic rings. The molecule has 0 spiro atoms. The second-order valence-electron chi connectivity index (χ2n) is 5.70. The molecule has 15 heavy (non-hydrogen) atoms. The molecule has 0 saturated heterocycles. The van der Waals surface area contributed by atoms with Crippen molar-refractivity contribution in [3.8, 4) is 0 Å². The van der Waals surface area contributed by atoms with E-state index in [1.807, 2.05) is 0 Å². The highest BCUT2D eigenvalue weighted by molar-refractivity contribution is 7.80. The molecule has 0 aromatic carbocycles. The zero-order chi connectivity index (χ0) is 10.8. The summed E-state index contributed by atoms with van der Waals surface area (Å²) in [6.07, 6.45) is 8.35. The first-order valence-electron chi connectivity index (χ1n) is 6.56. The Balaban J connectivity index is 2.08. The first kappa shape index (κ1) is 11.8. The number of thiol groups is 1. The number of hydrogen-bond acceptors (Lipinski definition) is 2. The van der Waals surface area contributed by atoms with Crippen LogP contribution in [0.2, 0.25) is 0 Å². The number of hydrogen-bond donors (Lipinski definition) is 2. The van der Waals surface area contributed by atoms with Gasteiger partial charge in [0.05, 0.1) is 0 Å². The van der Waals surface area contributed by atoms with Crippen LogP contribution in [0.5, 0.6) is 0 Å². The van der Waals surface area contributed by atoms with Crippen LogP contribution in [0.3, 0.4) is 0 Å². The van der Waals surface area contributed by atoms with Crippen LogP contribution in [0, 0.1) is 17.8 Å². The maximum atomic E-state index is 4.69. The molecule has 0 radical (unpaired) electrons. The number of nitrogens with one attached hydrogen (secondary N) is 1. The molecule has 2 rings (SSSR count). The Kier molecular flexibility index (Phi) is 4.00. The van der Waals surface area contributed by atoms with Crippen molar-refractivity contribution in [2.24, 2.45) is 17.8 Å². The molecule has 2 saturated carbocycles. The van der Waals surface area contributed by atoms with E-state index >= 15 is 0 Å². The maximum absolute atomic E-state index is 4.69. The Bertz CT molecular complexity index is 207. The Morgan fingerprint density at radius 2 is 1.87 bits per heavy atom. The van der Waals surface area contributed by atoms with E-state index in [0.717, 1.165) is 23.8 Å². The zero-order valence-electron chi connectivity index (χ0n) is 10.1. The van der Waals surface area contributed by atoms with Crippen molar-refractivity contribution in [2.45, 2.75) is 56.7 Å². The first-order chi connectivity index (χ1) is 7.20. The van der Waals surface area contributed by atoms with Gasteiger partial charge in [0.2, 0.25) is 0 Å². The van der Waals surface area contributed by atoms with Crippen LogP contribution in [-0.2, 0) is 0 Å². The normalized spacial score (nSPS) is 47.0. The van der Waals surface area contributed by atoms with Gasteiger partial charge in [0.25, 0.3) is 0 Å². The molecule has 1 nitrogen and oxygen atoms in total. The largest absolute Gasteiger partial charge is 0.317 e. The molecule has 1 N–H and O–H groups in total. The highest BCUT2D eigenvalue weighted by atomic mass is 32.1. The molecule has 0 bridgehead atoms. The van der Waals surface area contributed by atoms with Crippen LogP contribution in [0.25, 0.3) is 0 Å². The second-order valence-corrected chi connectivity index (χ2v) is 6.43. The van der Waals surface area contributed by atoms with E-state index in [1.54, 1.807) is 0 Å². The average Bonchev–Trinajstić information content (AvgIpc) is 2.37. The van der Waals surface area contributed by atoms with Crippen LogP contribution in [0.1, 0.15) is 45.4 Å². The zero-order valence-corrected chi connectivity index (χ0v) is 11.0. The summed E-state index contributed by atoms with van der Waals surface area (Å²) in [6, 6.07) is 0.759. The van der Waals surface area contributed by atoms with Crippen molar-refractivity contribution in [1.29, 1.82) is 0 Å². The van der Waals surface area contributed by atoms with E-state index in [4.69, 9.17) is 0 Å². The monoisotopic (exact) mass is 227 g/mol. The summed E-state index contributed by atoms with van der Waals surface area (Å²) >= 11 is 4.69. The van der Waals surface area contributed by atoms with Crippen molar-refractivity contribution < 1.29 is 0 Å². The van der Waals surface area contributed by atoms with Gasteiger partial charge < -0.3 is 5.32 Å². The fourth-order valence-corrected chi connectivity index (χ4v) is 4.09. The standard InChI is InChI=1S/C13H25NS/c1-9-3-6-13(14-2)12-8-11(15)5-4-10(12)7-9/h9-15H,3-8H2,1-2H3. The van der Waals surface area contributed by atoms with Crippen molar-refractivity contribution in [2.75, 3.05) is 7.05 Å². The maximum Gasteiger partial charge on any atom is 0.00954 e. The Morgan fingerprint density at radius 3 is 2.60 bits per heavy atom. The fraction of sp³-hybridized carbons (Fsp3) is 1.00. The van der Waals surface area contributed by atoms with Gasteiger partial charge in [-0.15, -0.1) is 0 Å². The number of fused-ring (bicyclic) bond motifs is 1. The minimum absolute atomic E-state index is 0.663. The van der Waals surface area contributed by atoms with E-state index in [1.165, 1.54) is 38.5 Å². The SMILES string of the molecule is CNC1CCC(C)CC2CCC(S)CC21. The average molecular weight is 227 g/mol. The molecule has 5 atom stereocenters. The van der Waals surface area contributed by atoms with Gasteiger partial charge in [0.1, 0.15) is 0 Å². The van der Waals surface area contributed by atoms with Gasteiger partial charge in [0.15, 0.2) is 0 Å². The minimum Gasteiger partial charge on any atom is -0.317 e. The van der Waals surface area contributed by atoms with Crippen molar-refractivity contribution in [3.05, 3.63) is 0 Å². The first-order valence-corrected chi connectivity index (χ1v) is 7.07. The van der Waals surface area contributed by atoms with Gasteiger partial charge in [-0.3, -0.25) is 0 Å². The van der Waals surface area contributed by atoms with E-state index in [9.17, 15) is 0 Å². The molecule has 2 aliphatic carbocycles. The molecule has 88 valence electrons. The van der Waals surface area contributed by atoms with Gasteiger partial charge in [-0.2, -0.15) is 12.6 Å². The summed E-state index contributed by atoms with van der Waals surface area (Å²) in [7, 11) is 2.14. The van der Waals surface area contributed by atoms with E-state index in [0.29, 0.717) is 5.25 Å². The smallest absolute Gasteiger partial charge is 0.00954 e. The van der Waals surface area contributed by atoms with Gasteiger partial charge in [-0.25, -0.2) is 0 Å². The molecule has 0 amide bonds. The summed E-state index contributed by atoms with van der Waals surface area (Å²) in [5.74, 6) is 2.81. The van der Waals surface area contributed by atoms with Gasteiger partial charge in [-0.05, 0) is 63.3 Å². The lowest BCUT2D eigenvalue weighted by atomic mass is 9.73. The molecule has 5 unspecified atom stereocenters. The van der Waals surface area contributed by atoms with E-state index in [2.05, 4.69) is 31.9 Å². The minimum atomic E-state index is 0.663. The third-order valence-electron chi connectivity index (χ3n) is 4.58. The van der Waals surface area contributed by atoms with Crippen LogP contribution in [0.4, 0.5) is 0 Å². The predicted octanol–water partition coefficient (Wildman–Crippen LogP) is 3.11. The third-order valence-corrected chi connectivity index (χ3v) is 5.05. The van der Waals surface area contributed by atoms with Crippen molar-refractivity contribution in [1.82, 2.24) is 5.32 Å². The predicted molar refractivity (Wildman–Crippen MR) is 69.5 cm³/mol. The van der Waals surface area contributed by atoms with Crippen LogP contribution >= 0.6 is 12.6 Å². The second kappa shape index (κ2) is 5.09.